The fourth-order valence-corrected chi connectivity index (χ4v) is 1.31. The fraction of sp³-hybridized carbons (Fsp3) is 0.455. The smallest absolute Gasteiger partial charge is 0.126 e. The van der Waals surface area contributed by atoms with E-state index in [0.29, 0.717) is 0 Å². The van der Waals surface area contributed by atoms with Crippen LogP contribution in [0.3, 0.4) is 0 Å². The Morgan fingerprint density at radius 3 is 1.87 bits per heavy atom. The van der Waals surface area contributed by atoms with Crippen LogP contribution in [0.15, 0.2) is 18.2 Å². The first-order valence-corrected chi connectivity index (χ1v) is 4.74. The van der Waals surface area contributed by atoms with Gasteiger partial charge in [-0.05, 0) is 23.6 Å². The maximum absolute atomic E-state index is 12.8. The van der Waals surface area contributed by atoms with E-state index >= 15 is 0 Å². The summed E-state index contributed by atoms with van der Waals surface area (Å²) in [5.74, 6) is -1.72. The van der Waals surface area contributed by atoms with Gasteiger partial charge in [0.15, 0.2) is 0 Å². The first-order chi connectivity index (χ1) is 6.91. The van der Waals surface area contributed by atoms with Gasteiger partial charge in [0.25, 0.3) is 0 Å². The summed E-state index contributed by atoms with van der Waals surface area (Å²) in [5.41, 5.74) is 0.0497. The second-order valence-electron chi connectivity index (χ2n) is 3.88. The average Bonchev–Trinajstić information content (AvgIpc) is 2.13. The minimum absolute atomic E-state index is 0.0497. The Bertz CT molecular complexity index is 319. The van der Waals surface area contributed by atoms with Gasteiger partial charge in [0.05, 0.1) is 6.10 Å². The lowest BCUT2D eigenvalue weighted by Gasteiger charge is -2.21. The van der Waals surface area contributed by atoms with Gasteiger partial charge in [-0.2, -0.15) is 0 Å². The molecule has 0 spiro atoms. The highest BCUT2D eigenvalue weighted by atomic mass is 19.1. The Kier molecular flexibility index (Phi) is 3.77. The highest BCUT2D eigenvalue weighted by Crippen LogP contribution is 2.23. The molecular formula is C11H14F2O2. The van der Waals surface area contributed by atoms with Crippen LogP contribution >= 0.6 is 0 Å². The number of hydrogen-bond acceptors (Lipinski definition) is 2. The molecule has 0 radical (unpaired) electrons. The van der Waals surface area contributed by atoms with Gasteiger partial charge < -0.3 is 10.2 Å². The molecule has 84 valence electrons. The van der Waals surface area contributed by atoms with Crippen LogP contribution in [0.25, 0.3) is 0 Å². The van der Waals surface area contributed by atoms with Crippen molar-refractivity contribution >= 4 is 0 Å². The number of benzene rings is 1. The molecule has 0 aliphatic carbocycles. The van der Waals surface area contributed by atoms with Crippen molar-refractivity contribution in [1.82, 2.24) is 0 Å². The largest absolute Gasteiger partial charge is 0.390 e. The molecule has 0 aliphatic heterocycles. The number of aliphatic hydroxyl groups excluding tert-OH is 2. The zero-order valence-corrected chi connectivity index (χ0v) is 8.61. The van der Waals surface area contributed by atoms with E-state index in [1.807, 2.05) is 0 Å². The van der Waals surface area contributed by atoms with Crippen LogP contribution in [0.4, 0.5) is 8.78 Å². The maximum Gasteiger partial charge on any atom is 0.126 e. The molecule has 0 saturated heterocycles. The van der Waals surface area contributed by atoms with Gasteiger partial charge in [0, 0.05) is 6.07 Å². The second kappa shape index (κ2) is 4.68. The number of halogens is 2. The second-order valence-corrected chi connectivity index (χ2v) is 3.88. The summed E-state index contributed by atoms with van der Waals surface area (Å²) in [6.07, 6.45) is -2.30. The van der Waals surface area contributed by atoms with E-state index in [0.717, 1.165) is 18.2 Å². The van der Waals surface area contributed by atoms with Crippen molar-refractivity contribution in [1.29, 1.82) is 0 Å². The predicted octanol–water partition coefficient (Wildman–Crippen LogP) is 2.02. The third-order valence-electron chi connectivity index (χ3n) is 2.23. The highest BCUT2D eigenvalue weighted by Gasteiger charge is 2.22. The van der Waals surface area contributed by atoms with Gasteiger partial charge in [-0.1, -0.05) is 13.8 Å². The number of aliphatic hydroxyl groups is 2. The molecular weight excluding hydrogens is 202 g/mol. The van der Waals surface area contributed by atoms with E-state index in [4.69, 9.17) is 0 Å². The van der Waals surface area contributed by atoms with Crippen molar-refractivity contribution in [3.63, 3.8) is 0 Å². The first-order valence-electron chi connectivity index (χ1n) is 4.74. The molecule has 1 rings (SSSR count). The quantitative estimate of drug-likeness (QED) is 0.811. The molecule has 2 nitrogen and oxygen atoms in total. The SMILES string of the molecule is CC(C)C(O)C(O)c1cc(F)cc(F)c1. The Morgan fingerprint density at radius 1 is 1.00 bits per heavy atom. The monoisotopic (exact) mass is 216 g/mol. The molecule has 2 N–H and O–H groups in total. The molecule has 0 fully saturated rings. The molecule has 0 aromatic heterocycles. The van der Waals surface area contributed by atoms with E-state index in [9.17, 15) is 19.0 Å². The lowest BCUT2D eigenvalue weighted by atomic mass is 9.96. The van der Waals surface area contributed by atoms with Crippen molar-refractivity contribution in [3.05, 3.63) is 35.4 Å². The Morgan fingerprint density at radius 2 is 1.47 bits per heavy atom. The van der Waals surface area contributed by atoms with E-state index < -0.39 is 23.8 Å². The molecule has 0 saturated carbocycles. The Balaban J connectivity index is 2.95. The van der Waals surface area contributed by atoms with Crippen LogP contribution in [-0.2, 0) is 0 Å². The molecule has 1 aromatic carbocycles. The highest BCUT2D eigenvalue weighted by molar-refractivity contribution is 5.21. The lowest BCUT2D eigenvalue weighted by Crippen LogP contribution is -2.24. The van der Waals surface area contributed by atoms with Crippen LogP contribution in [-0.4, -0.2) is 16.3 Å². The zero-order valence-electron chi connectivity index (χ0n) is 8.61. The van der Waals surface area contributed by atoms with Gasteiger partial charge in [-0.15, -0.1) is 0 Å². The topological polar surface area (TPSA) is 40.5 Å². The molecule has 2 atom stereocenters. The molecule has 4 heteroatoms. The summed E-state index contributed by atoms with van der Waals surface area (Å²) in [5, 5.41) is 19.2. The Labute approximate surface area is 87.2 Å². The molecule has 0 amide bonds. The van der Waals surface area contributed by atoms with Crippen LogP contribution in [0.2, 0.25) is 0 Å². The summed E-state index contributed by atoms with van der Waals surface area (Å²) < 4.78 is 25.6. The lowest BCUT2D eigenvalue weighted by molar-refractivity contribution is -0.00967. The van der Waals surface area contributed by atoms with Crippen LogP contribution in [0.5, 0.6) is 0 Å². The fourth-order valence-electron chi connectivity index (χ4n) is 1.31. The zero-order chi connectivity index (χ0) is 11.6. The molecule has 15 heavy (non-hydrogen) atoms. The molecule has 1 aromatic rings. The van der Waals surface area contributed by atoms with E-state index in [1.54, 1.807) is 13.8 Å². The van der Waals surface area contributed by atoms with Crippen molar-refractivity contribution in [3.8, 4) is 0 Å². The predicted molar refractivity (Wildman–Crippen MR) is 52.2 cm³/mol. The van der Waals surface area contributed by atoms with Crippen molar-refractivity contribution in [2.45, 2.75) is 26.1 Å². The number of rotatable bonds is 3. The first kappa shape index (κ1) is 12.1. The molecule has 2 unspecified atom stereocenters. The van der Waals surface area contributed by atoms with Crippen LogP contribution in [0, 0.1) is 17.6 Å². The summed E-state index contributed by atoms with van der Waals surface area (Å²) >= 11 is 0. The molecule has 0 aliphatic rings. The van der Waals surface area contributed by atoms with Gasteiger partial charge in [-0.25, -0.2) is 8.78 Å². The van der Waals surface area contributed by atoms with Crippen molar-refractivity contribution < 1.29 is 19.0 Å². The van der Waals surface area contributed by atoms with Crippen molar-refractivity contribution in [2.24, 2.45) is 5.92 Å². The minimum Gasteiger partial charge on any atom is -0.390 e. The molecule has 0 heterocycles. The van der Waals surface area contributed by atoms with Gasteiger partial charge in [0.1, 0.15) is 17.7 Å². The summed E-state index contributed by atoms with van der Waals surface area (Å²) in [4.78, 5) is 0. The van der Waals surface area contributed by atoms with Gasteiger partial charge in [0.2, 0.25) is 0 Å². The molecule has 0 bridgehead atoms. The summed E-state index contributed by atoms with van der Waals surface area (Å²) in [6, 6.07) is 2.75. The normalized spacial score (nSPS) is 15.4. The minimum atomic E-state index is -1.27. The third-order valence-corrected chi connectivity index (χ3v) is 2.23. The standard InChI is InChI=1S/C11H14F2O2/c1-6(2)10(14)11(15)7-3-8(12)5-9(13)4-7/h3-6,10-11,14-15H,1-2H3. The van der Waals surface area contributed by atoms with Crippen LogP contribution < -0.4 is 0 Å². The summed E-state index contributed by atoms with van der Waals surface area (Å²) in [6.45, 7) is 3.42. The average molecular weight is 216 g/mol. The summed E-state index contributed by atoms with van der Waals surface area (Å²) in [7, 11) is 0. The number of hydrogen-bond donors (Lipinski definition) is 2. The van der Waals surface area contributed by atoms with Crippen molar-refractivity contribution in [2.75, 3.05) is 0 Å². The van der Waals surface area contributed by atoms with E-state index in [2.05, 4.69) is 0 Å². The van der Waals surface area contributed by atoms with Gasteiger partial charge >= 0.3 is 0 Å². The van der Waals surface area contributed by atoms with Crippen LogP contribution in [0.1, 0.15) is 25.5 Å². The third kappa shape index (κ3) is 2.97. The maximum atomic E-state index is 12.8. The Hall–Kier alpha value is -1.00. The van der Waals surface area contributed by atoms with E-state index in [1.165, 1.54) is 0 Å². The van der Waals surface area contributed by atoms with E-state index in [-0.39, 0.29) is 11.5 Å². The van der Waals surface area contributed by atoms with Gasteiger partial charge in [-0.3, -0.25) is 0 Å².